The molecule has 2 unspecified atom stereocenters. The van der Waals surface area contributed by atoms with Gasteiger partial charge >= 0.3 is 0 Å². The number of nitrogens with zero attached hydrogens (tertiary/aromatic N) is 2. The van der Waals surface area contributed by atoms with Gasteiger partial charge in [0.1, 0.15) is 0 Å². The van der Waals surface area contributed by atoms with E-state index >= 15 is 0 Å². The van der Waals surface area contributed by atoms with E-state index in [9.17, 15) is 5.11 Å². The number of hydrogen-bond acceptors (Lipinski definition) is 4. The summed E-state index contributed by atoms with van der Waals surface area (Å²) in [5, 5.41) is 17.6. The highest BCUT2D eigenvalue weighted by atomic mass is 127. The number of benzene rings is 1. The number of aliphatic hydroxyl groups excluding tert-OH is 1. The Balaban J connectivity index is 0.00000312. The first-order chi connectivity index (χ1) is 11.5. The van der Waals surface area contributed by atoms with Gasteiger partial charge in [-0.25, -0.2) is 0 Å². The Hall–Kier alpha value is -0.320. The number of morpholine rings is 1. The summed E-state index contributed by atoms with van der Waals surface area (Å²) in [5.41, 5.74) is 0.660. The molecule has 9 heteroatoms. The fraction of sp³-hybridized carbons (Fsp3) is 0.562. The summed E-state index contributed by atoms with van der Waals surface area (Å²) in [6.45, 7) is 3.53. The number of ether oxygens (including phenoxy) is 1. The predicted molar refractivity (Wildman–Crippen MR) is 113 cm³/mol. The molecule has 0 bridgehead atoms. The number of halogens is 3. The van der Waals surface area contributed by atoms with Crippen molar-refractivity contribution in [2.24, 2.45) is 4.99 Å². The second kappa shape index (κ2) is 11.4. The molecule has 0 aliphatic carbocycles. The molecule has 1 aliphatic rings. The topological polar surface area (TPSA) is 69.1 Å². The normalized spacial score (nSPS) is 19.9. The fourth-order valence-electron chi connectivity index (χ4n) is 2.50. The van der Waals surface area contributed by atoms with Crippen molar-refractivity contribution in [2.75, 3.05) is 46.9 Å². The SMILES string of the molecule is CN=C(NCC1CN(C)CCO1)NCC(O)c1cc(Cl)cc(Cl)c1.I. The van der Waals surface area contributed by atoms with Gasteiger partial charge in [0.25, 0.3) is 0 Å². The van der Waals surface area contributed by atoms with E-state index in [-0.39, 0.29) is 30.1 Å². The van der Waals surface area contributed by atoms with Gasteiger partial charge in [0.05, 0.1) is 18.8 Å². The van der Waals surface area contributed by atoms with E-state index in [2.05, 4.69) is 27.6 Å². The van der Waals surface area contributed by atoms with E-state index in [0.717, 1.165) is 19.7 Å². The lowest BCUT2D eigenvalue weighted by molar-refractivity contribution is -0.0161. The molecule has 2 rings (SSSR count). The number of rotatable bonds is 5. The van der Waals surface area contributed by atoms with E-state index in [0.29, 0.717) is 34.7 Å². The summed E-state index contributed by atoms with van der Waals surface area (Å²) in [6, 6.07) is 5.03. The van der Waals surface area contributed by atoms with E-state index in [1.807, 2.05) is 0 Å². The van der Waals surface area contributed by atoms with E-state index in [1.54, 1.807) is 25.2 Å². The van der Waals surface area contributed by atoms with Crippen LogP contribution in [0.25, 0.3) is 0 Å². The molecule has 0 spiro atoms. The maximum atomic E-state index is 10.3. The van der Waals surface area contributed by atoms with Crippen LogP contribution in [0.15, 0.2) is 23.2 Å². The Kier molecular flexibility index (Phi) is 10.4. The highest BCUT2D eigenvalue weighted by Crippen LogP contribution is 2.23. The van der Waals surface area contributed by atoms with Crippen LogP contribution < -0.4 is 10.6 Å². The number of nitrogens with one attached hydrogen (secondary N) is 2. The Morgan fingerprint density at radius 1 is 1.36 bits per heavy atom. The van der Waals surface area contributed by atoms with Gasteiger partial charge < -0.3 is 25.4 Å². The minimum Gasteiger partial charge on any atom is -0.387 e. The summed E-state index contributed by atoms with van der Waals surface area (Å²) < 4.78 is 5.70. The molecule has 0 saturated carbocycles. The highest BCUT2D eigenvalue weighted by molar-refractivity contribution is 14.0. The van der Waals surface area contributed by atoms with Crippen molar-refractivity contribution >= 4 is 53.1 Å². The molecule has 1 fully saturated rings. The highest BCUT2D eigenvalue weighted by Gasteiger charge is 2.18. The van der Waals surface area contributed by atoms with Crippen LogP contribution in [0.4, 0.5) is 0 Å². The molecule has 0 radical (unpaired) electrons. The van der Waals surface area contributed by atoms with Gasteiger partial charge in [0.2, 0.25) is 0 Å². The Morgan fingerprint density at radius 2 is 2.04 bits per heavy atom. The van der Waals surface area contributed by atoms with Crippen molar-refractivity contribution in [3.05, 3.63) is 33.8 Å². The van der Waals surface area contributed by atoms with Gasteiger partial charge in [0, 0.05) is 43.3 Å². The van der Waals surface area contributed by atoms with Crippen molar-refractivity contribution < 1.29 is 9.84 Å². The first-order valence-electron chi connectivity index (χ1n) is 7.86. The number of likely N-dealkylation sites (N-methyl/N-ethyl adjacent to an activating group) is 1. The van der Waals surface area contributed by atoms with Crippen LogP contribution in [-0.2, 0) is 4.74 Å². The molecule has 25 heavy (non-hydrogen) atoms. The Labute approximate surface area is 175 Å². The molecule has 3 N–H and O–H groups in total. The Morgan fingerprint density at radius 3 is 2.64 bits per heavy atom. The molecular weight excluding hydrogens is 478 g/mol. The van der Waals surface area contributed by atoms with E-state index < -0.39 is 6.10 Å². The molecule has 1 saturated heterocycles. The van der Waals surface area contributed by atoms with Gasteiger partial charge in [-0.05, 0) is 30.8 Å². The van der Waals surface area contributed by atoms with Gasteiger partial charge in [0.15, 0.2) is 5.96 Å². The average molecular weight is 503 g/mol. The van der Waals surface area contributed by atoms with E-state index in [1.165, 1.54) is 0 Å². The van der Waals surface area contributed by atoms with Crippen LogP contribution in [0.2, 0.25) is 10.0 Å². The van der Waals surface area contributed by atoms with Crippen molar-refractivity contribution in [1.82, 2.24) is 15.5 Å². The maximum absolute atomic E-state index is 10.3. The van der Waals surface area contributed by atoms with Crippen LogP contribution >= 0.6 is 47.2 Å². The number of guanidine groups is 1. The maximum Gasteiger partial charge on any atom is 0.191 e. The third kappa shape index (κ3) is 7.84. The zero-order chi connectivity index (χ0) is 17.5. The van der Waals surface area contributed by atoms with E-state index in [4.69, 9.17) is 27.9 Å². The average Bonchev–Trinajstić information content (AvgIpc) is 2.54. The van der Waals surface area contributed by atoms with Crippen molar-refractivity contribution in [2.45, 2.75) is 12.2 Å². The van der Waals surface area contributed by atoms with Crippen LogP contribution in [-0.4, -0.2) is 69.0 Å². The van der Waals surface area contributed by atoms with Crippen LogP contribution in [0, 0.1) is 0 Å². The molecular formula is C16H25Cl2IN4O2. The number of hydrogen-bond donors (Lipinski definition) is 3. The first-order valence-corrected chi connectivity index (χ1v) is 8.62. The van der Waals surface area contributed by atoms with Gasteiger partial charge in [-0.3, -0.25) is 4.99 Å². The van der Waals surface area contributed by atoms with Crippen molar-refractivity contribution in [3.63, 3.8) is 0 Å². The Bertz CT molecular complexity index is 557. The molecule has 6 nitrogen and oxygen atoms in total. The third-order valence-electron chi connectivity index (χ3n) is 3.80. The van der Waals surface area contributed by atoms with Crippen LogP contribution in [0.3, 0.4) is 0 Å². The minimum absolute atomic E-state index is 0. The van der Waals surface area contributed by atoms with Crippen LogP contribution in [0.5, 0.6) is 0 Å². The van der Waals surface area contributed by atoms with Crippen molar-refractivity contribution in [3.8, 4) is 0 Å². The summed E-state index contributed by atoms with van der Waals surface area (Å²) in [5.74, 6) is 0.610. The molecule has 1 heterocycles. The zero-order valence-corrected chi connectivity index (χ0v) is 18.2. The second-order valence-corrected chi connectivity index (χ2v) is 6.68. The lowest BCUT2D eigenvalue weighted by Gasteiger charge is -2.30. The summed E-state index contributed by atoms with van der Waals surface area (Å²) >= 11 is 11.9. The molecule has 0 amide bonds. The number of aliphatic imine (C=N–C) groups is 1. The van der Waals surface area contributed by atoms with Gasteiger partial charge in [-0.2, -0.15) is 0 Å². The molecule has 1 aromatic rings. The summed E-state index contributed by atoms with van der Waals surface area (Å²) in [7, 11) is 3.76. The molecule has 142 valence electrons. The quantitative estimate of drug-likeness (QED) is 0.327. The lowest BCUT2D eigenvalue weighted by Crippen LogP contribution is -2.48. The molecule has 0 aromatic heterocycles. The largest absolute Gasteiger partial charge is 0.387 e. The lowest BCUT2D eigenvalue weighted by atomic mass is 10.1. The van der Waals surface area contributed by atoms with Crippen LogP contribution in [0.1, 0.15) is 11.7 Å². The molecule has 1 aliphatic heterocycles. The smallest absolute Gasteiger partial charge is 0.191 e. The van der Waals surface area contributed by atoms with Gasteiger partial charge in [-0.1, -0.05) is 23.2 Å². The van der Waals surface area contributed by atoms with Gasteiger partial charge in [-0.15, -0.1) is 24.0 Å². The molecule has 2 atom stereocenters. The van der Waals surface area contributed by atoms with Crippen molar-refractivity contribution in [1.29, 1.82) is 0 Å². The third-order valence-corrected chi connectivity index (χ3v) is 4.23. The number of aliphatic hydroxyl groups is 1. The monoisotopic (exact) mass is 502 g/mol. The minimum atomic E-state index is -0.739. The predicted octanol–water partition coefficient (Wildman–Crippen LogP) is 2.14. The standard InChI is InChI=1S/C16H24Cl2N4O2.HI/c1-19-16(20-8-14-10-22(2)3-4-24-14)21-9-15(23)11-5-12(17)7-13(18)6-11;/h5-7,14-15,23H,3-4,8-10H2,1-2H3,(H2,19,20,21);1H. The summed E-state index contributed by atoms with van der Waals surface area (Å²) in [4.78, 5) is 6.39. The molecule has 1 aromatic carbocycles. The summed E-state index contributed by atoms with van der Waals surface area (Å²) in [6.07, 6.45) is -0.615. The zero-order valence-electron chi connectivity index (χ0n) is 14.3. The second-order valence-electron chi connectivity index (χ2n) is 5.81. The fourth-order valence-corrected chi connectivity index (χ4v) is 3.04. The first kappa shape index (κ1) is 22.7.